The van der Waals surface area contributed by atoms with Crippen LogP contribution in [0.15, 0.2) is 4.42 Å². The lowest BCUT2D eigenvalue weighted by Gasteiger charge is -2.02. The Morgan fingerprint density at radius 2 is 2.13 bits per heavy atom. The fourth-order valence-electron chi connectivity index (χ4n) is 0.933. The number of sulfone groups is 1. The van der Waals surface area contributed by atoms with Crippen LogP contribution >= 0.6 is 11.6 Å². The SMILES string of the molecule is CC(c1nnc(CCCCl)o1)S(C)(=O)=O. The van der Waals surface area contributed by atoms with Crippen molar-refractivity contribution in [1.82, 2.24) is 10.2 Å². The molecule has 0 bridgehead atoms. The second kappa shape index (κ2) is 4.94. The van der Waals surface area contributed by atoms with Crippen LogP contribution in [0.1, 0.15) is 30.4 Å². The maximum atomic E-state index is 11.2. The number of hydrogen-bond donors (Lipinski definition) is 0. The van der Waals surface area contributed by atoms with E-state index in [-0.39, 0.29) is 5.89 Å². The molecule has 0 saturated heterocycles. The van der Waals surface area contributed by atoms with Crippen LogP contribution in [0.25, 0.3) is 0 Å². The number of nitrogens with zero attached hydrogens (tertiary/aromatic N) is 2. The predicted octanol–water partition coefficient (Wildman–Crippen LogP) is 1.35. The molecule has 0 fully saturated rings. The van der Waals surface area contributed by atoms with Gasteiger partial charge < -0.3 is 4.42 Å². The minimum Gasteiger partial charge on any atom is -0.424 e. The van der Waals surface area contributed by atoms with E-state index in [2.05, 4.69) is 10.2 Å². The lowest BCUT2D eigenvalue weighted by molar-refractivity contribution is 0.443. The highest BCUT2D eigenvalue weighted by atomic mass is 35.5. The smallest absolute Gasteiger partial charge is 0.234 e. The van der Waals surface area contributed by atoms with E-state index >= 15 is 0 Å². The molecule has 1 rings (SSSR count). The molecular formula is C8H13ClN2O3S. The molecule has 7 heteroatoms. The molecule has 0 radical (unpaired) electrons. The molecule has 0 saturated carbocycles. The molecule has 5 nitrogen and oxygen atoms in total. The third kappa shape index (κ3) is 3.46. The first-order valence-corrected chi connectivity index (χ1v) is 7.01. The van der Waals surface area contributed by atoms with Crippen molar-refractivity contribution in [3.63, 3.8) is 0 Å². The Morgan fingerprint density at radius 1 is 1.47 bits per heavy atom. The summed E-state index contributed by atoms with van der Waals surface area (Å²) in [6.07, 6.45) is 2.45. The van der Waals surface area contributed by atoms with Crippen molar-refractivity contribution < 1.29 is 12.8 Å². The van der Waals surface area contributed by atoms with Crippen LogP contribution in [0.3, 0.4) is 0 Å². The molecule has 1 heterocycles. The van der Waals surface area contributed by atoms with E-state index in [0.29, 0.717) is 18.2 Å². The molecule has 15 heavy (non-hydrogen) atoms. The molecule has 86 valence electrons. The molecule has 0 spiro atoms. The summed E-state index contributed by atoms with van der Waals surface area (Å²) in [5.41, 5.74) is 0. The number of aromatic nitrogens is 2. The van der Waals surface area contributed by atoms with Gasteiger partial charge in [-0.1, -0.05) is 0 Å². The first-order chi connectivity index (χ1) is 6.95. The normalized spacial score (nSPS) is 14.1. The van der Waals surface area contributed by atoms with E-state index < -0.39 is 15.1 Å². The Hall–Kier alpha value is -0.620. The van der Waals surface area contributed by atoms with Crippen LogP contribution in [-0.2, 0) is 16.3 Å². The summed E-state index contributed by atoms with van der Waals surface area (Å²) >= 11 is 5.51. The van der Waals surface area contributed by atoms with Gasteiger partial charge in [-0.25, -0.2) is 8.42 Å². The molecular weight excluding hydrogens is 240 g/mol. The quantitative estimate of drug-likeness (QED) is 0.740. The van der Waals surface area contributed by atoms with Crippen LogP contribution in [0.2, 0.25) is 0 Å². The number of hydrogen-bond acceptors (Lipinski definition) is 5. The molecule has 0 amide bonds. The van der Waals surface area contributed by atoms with Gasteiger partial charge in [-0.15, -0.1) is 21.8 Å². The maximum Gasteiger partial charge on any atom is 0.234 e. The highest BCUT2D eigenvalue weighted by Crippen LogP contribution is 2.19. The van der Waals surface area contributed by atoms with Crippen LogP contribution < -0.4 is 0 Å². The van der Waals surface area contributed by atoms with Gasteiger partial charge in [0, 0.05) is 18.6 Å². The summed E-state index contributed by atoms with van der Waals surface area (Å²) in [5.74, 6) is 1.09. The first-order valence-electron chi connectivity index (χ1n) is 4.52. The zero-order chi connectivity index (χ0) is 11.5. The summed E-state index contributed by atoms with van der Waals surface area (Å²) in [5, 5.41) is 6.69. The van der Waals surface area contributed by atoms with Gasteiger partial charge in [0.1, 0.15) is 5.25 Å². The fraction of sp³-hybridized carbons (Fsp3) is 0.750. The van der Waals surface area contributed by atoms with Crippen LogP contribution in [0, 0.1) is 0 Å². The van der Waals surface area contributed by atoms with Gasteiger partial charge >= 0.3 is 0 Å². The van der Waals surface area contributed by atoms with Crippen molar-refractivity contribution >= 4 is 21.4 Å². The Kier molecular flexibility index (Phi) is 4.10. The molecule has 0 aliphatic heterocycles. The largest absolute Gasteiger partial charge is 0.424 e. The number of halogens is 1. The Labute approximate surface area is 93.8 Å². The van der Waals surface area contributed by atoms with Gasteiger partial charge in [-0.05, 0) is 13.3 Å². The van der Waals surface area contributed by atoms with Gasteiger partial charge in [0.25, 0.3) is 0 Å². The second-order valence-electron chi connectivity index (χ2n) is 3.30. The zero-order valence-electron chi connectivity index (χ0n) is 8.60. The summed E-state index contributed by atoms with van der Waals surface area (Å²) in [6.45, 7) is 1.52. The highest BCUT2D eigenvalue weighted by molar-refractivity contribution is 7.90. The molecule has 1 atom stereocenters. The van der Waals surface area contributed by atoms with E-state index in [9.17, 15) is 8.42 Å². The van der Waals surface area contributed by atoms with Crippen LogP contribution in [-0.4, -0.2) is 30.8 Å². The predicted molar refractivity (Wildman–Crippen MR) is 56.6 cm³/mol. The van der Waals surface area contributed by atoms with E-state index in [1.807, 2.05) is 0 Å². The van der Waals surface area contributed by atoms with Gasteiger partial charge in [-0.3, -0.25) is 0 Å². The molecule has 0 N–H and O–H groups in total. The van der Waals surface area contributed by atoms with Crippen molar-refractivity contribution in [1.29, 1.82) is 0 Å². The Balaban J connectivity index is 2.76. The third-order valence-corrected chi connectivity index (χ3v) is 3.75. The average Bonchev–Trinajstić information content (AvgIpc) is 2.60. The standard InChI is InChI=1S/C8H13ClN2O3S/c1-6(15(2,12)13)8-11-10-7(14-8)4-3-5-9/h6H,3-5H2,1-2H3. The molecule has 0 aliphatic rings. The van der Waals surface area contributed by atoms with E-state index in [1.54, 1.807) is 0 Å². The number of rotatable bonds is 5. The lowest BCUT2D eigenvalue weighted by atomic mass is 10.3. The summed E-state index contributed by atoms with van der Waals surface area (Å²) < 4.78 is 27.6. The molecule has 0 aromatic carbocycles. The minimum absolute atomic E-state index is 0.141. The van der Waals surface area contributed by atoms with Crippen molar-refractivity contribution in [2.24, 2.45) is 0 Å². The maximum absolute atomic E-state index is 11.2. The van der Waals surface area contributed by atoms with Crippen molar-refractivity contribution in [3.05, 3.63) is 11.8 Å². The summed E-state index contributed by atoms with van der Waals surface area (Å²) in [4.78, 5) is 0. The monoisotopic (exact) mass is 252 g/mol. The first kappa shape index (κ1) is 12.4. The topological polar surface area (TPSA) is 73.1 Å². The van der Waals surface area contributed by atoms with Crippen molar-refractivity contribution in [2.75, 3.05) is 12.1 Å². The van der Waals surface area contributed by atoms with E-state index in [0.717, 1.165) is 12.7 Å². The van der Waals surface area contributed by atoms with Gasteiger partial charge in [0.15, 0.2) is 9.84 Å². The van der Waals surface area contributed by atoms with Crippen molar-refractivity contribution in [3.8, 4) is 0 Å². The third-order valence-electron chi connectivity index (χ3n) is 2.00. The Bertz CT molecular complexity index is 415. The lowest BCUT2D eigenvalue weighted by Crippen LogP contribution is -2.07. The van der Waals surface area contributed by atoms with Gasteiger partial charge in [-0.2, -0.15) is 0 Å². The highest BCUT2D eigenvalue weighted by Gasteiger charge is 2.23. The van der Waals surface area contributed by atoms with Crippen molar-refractivity contribution in [2.45, 2.75) is 25.0 Å². The molecule has 1 unspecified atom stereocenters. The Morgan fingerprint density at radius 3 is 2.67 bits per heavy atom. The molecule has 1 aromatic rings. The summed E-state index contributed by atoms with van der Waals surface area (Å²) in [7, 11) is -3.19. The second-order valence-corrected chi connectivity index (χ2v) is 6.04. The molecule has 1 aromatic heterocycles. The number of alkyl halides is 1. The zero-order valence-corrected chi connectivity index (χ0v) is 10.2. The number of aryl methyl sites for hydroxylation is 1. The average molecular weight is 253 g/mol. The summed E-state index contributed by atoms with van der Waals surface area (Å²) in [6, 6.07) is 0. The fourth-order valence-corrected chi connectivity index (χ4v) is 1.53. The van der Waals surface area contributed by atoms with Crippen LogP contribution in [0.4, 0.5) is 0 Å². The van der Waals surface area contributed by atoms with Gasteiger partial charge in [0.2, 0.25) is 11.8 Å². The van der Waals surface area contributed by atoms with Gasteiger partial charge in [0.05, 0.1) is 0 Å². The van der Waals surface area contributed by atoms with Crippen LogP contribution in [0.5, 0.6) is 0 Å². The molecule has 0 aliphatic carbocycles. The van der Waals surface area contributed by atoms with E-state index in [1.165, 1.54) is 6.92 Å². The minimum atomic E-state index is -3.19. The van der Waals surface area contributed by atoms with E-state index in [4.69, 9.17) is 16.0 Å².